The van der Waals surface area contributed by atoms with Crippen LogP contribution in [0.25, 0.3) is 0 Å². The van der Waals surface area contributed by atoms with Crippen LogP contribution in [-0.2, 0) is 14.3 Å². The Balaban J connectivity index is 1.87. The lowest BCUT2D eigenvalue weighted by Gasteiger charge is -2.42. The highest BCUT2D eigenvalue weighted by Crippen LogP contribution is 2.68. The standard InChI is InChI=1S/C14H18N2O4/c1-6(17)16-11(18)7-4-8-10-9(7)13(2,5-15)20-14(10,3)19-12(8)16/h7-12,18H,4H2,1-3H3/t7?,8?,9?,10?,11-,12?,13-,14?/m0/s1. The van der Waals surface area contributed by atoms with Crippen LogP contribution in [0.1, 0.15) is 27.2 Å². The van der Waals surface area contributed by atoms with E-state index in [4.69, 9.17) is 9.47 Å². The van der Waals surface area contributed by atoms with Gasteiger partial charge in [-0.15, -0.1) is 0 Å². The molecule has 6 unspecified atom stereocenters. The minimum atomic E-state index is -0.961. The summed E-state index contributed by atoms with van der Waals surface area (Å²) in [5.41, 5.74) is -0.961. The number of rotatable bonds is 0. The van der Waals surface area contributed by atoms with Gasteiger partial charge in [0.25, 0.3) is 0 Å². The maximum atomic E-state index is 11.9. The Morgan fingerprint density at radius 2 is 2.10 bits per heavy atom. The Morgan fingerprint density at radius 1 is 1.40 bits per heavy atom. The van der Waals surface area contributed by atoms with Crippen LogP contribution in [0.2, 0.25) is 0 Å². The van der Waals surface area contributed by atoms with E-state index in [1.165, 1.54) is 11.8 Å². The van der Waals surface area contributed by atoms with Gasteiger partial charge in [-0.25, -0.2) is 0 Å². The number of fused-ring (bicyclic) bond motifs is 2. The molecule has 3 heterocycles. The lowest BCUT2D eigenvalue weighted by molar-refractivity contribution is -0.260. The third kappa shape index (κ3) is 1.14. The van der Waals surface area contributed by atoms with Gasteiger partial charge in [0.2, 0.25) is 5.91 Å². The Hall–Kier alpha value is -1.16. The summed E-state index contributed by atoms with van der Waals surface area (Å²) in [5.74, 6) is -1.00. The highest BCUT2D eigenvalue weighted by molar-refractivity contribution is 5.74. The molecule has 0 radical (unpaired) electrons. The molecule has 0 aromatic heterocycles. The highest BCUT2D eigenvalue weighted by atomic mass is 16.7. The first kappa shape index (κ1) is 12.6. The number of hydrogen-bond donors (Lipinski definition) is 1. The molecule has 3 saturated heterocycles. The molecule has 0 spiro atoms. The first-order chi connectivity index (χ1) is 9.32. The van der Waals surface area contributed by atoms with Gasteiger partial charge in [-0.05, 0) is 20.3 Å². The molecule has 1 amide bonds. The molecule has 20 heavy (non-hydrogen) atoms. The summed E-state index contributed by atoms with van der Waals surface area (Å²) >= 11 is 0. The van der Waals surface area contributed by atoms with Crippen LogP contribution in [-0.4, -0.2) is 39.8 Å². The molecule has 2 bridgehead atoms. The predicted molar refractivity (Wildman–Crippen MR) is 65.5 cm³/mol. The van der Waals surface area contributed by atoms with Crippen LogP contribution in [0.4, 0.5) is 0 Å². The van der Waals surface area contributed by atoms with E-state index in [0.717, 1.165) is 6.42 Å². The van der Waals surface area contributed by atoms with E-state index in [-0.39, 0.29) is 29.6 Å². The molecule has 3 aliphatic heterocycles. The summed E-state index contributed by atoms with van der Waals surface area (Å²) < 4.78 is 12.0. The van der Waals surface area contributed by atoms with Crippen LogP contribution in [0, 0.1) is 35.0 Å². The second-order valence-electron chi connectivity index (χ2n) is 6.80. The van der Waals surface area contributed by atoms with E-state index < -0.39 is 23.8 Å². The van der Waals surface area contributed by atoms with Crippen molar-refractivity contribution in [1.82, 2.24) is 4.90 Å². The van der Waals surface area contributed by atoms with Gasteiger partial charge in [0.15, 0.2) is 11.4 Å². The van der Waals surface area contributed by atoms with Crippen molar-refractivity contribution >= 4 is 5.91 Å². The van der Waals surface area contributed by atoms with Crippen molar-refractivity contribution in [3.8, 4) is 6.07 Å². The first-order valence-electron chi connectivity index (χ1n) is 7.08. The molecule has 0 aromatic carbocycles. The minimum absolute atomic E-state index is 0.0705. The molecule has 1 saturated carbocycles. The number of nitrogens with zero attached hydrogens (tertiary/aromatic N) is 2. The summed E-state index contributed by atoms with van der Waals surface area (Å²) in [5, 5.41) is 20.1. The van der Waals surface area contributed by atoms with E-state index in [1.54, 1.807) is 6.92 Å². The molecule has 8 atom stereocenters. The third-order valence-corrected chi connectivity index (χ3v) is 5.76. The number of aliphatic hydroxyl groups excluding tert-OH is 1. The maximum absolute atomic E-state index is 11.9. The molecule has 6 heteroatoms. The minimum Gasteiger partial charge on any atom is -0.373 e. The average molecular weight is 278 g/mol. The summed E-state index contributed by atoms with van der Waals surface area (Å²) in [6.07, 6.45) is -0.522. The first-order valence-corrected chi connectivity index (χ1v) is 7.08. The molecule has 4 rings (SSSR count). The number of likely N-dealkylation sites (tertiary alicyclic amines) is 1. The van der Waals surface area contributed by atoms with Gasteiger partial charge in [-0.3, -0.25) is 9.69 Å². The van der Waals surface area contributed by atoms with E-state index >= 15 is 0 Å². The zero-order chi connectivity index (χ0) is 14.4. The second-order valence-corrected chi connectivity index (χ2v) is 6.80. The zero-order valence-electron chi connectivity index (χ0n) is 11.7. The Morgan fingerprint density at radius 3 is 2.70 bits per heavy atom. The van der Waals surface area contributed by atoms with Gasteiger partial charge < -0.3 is 14.6 Å². The van der Waals surface area contributed by atoms with Gasteiger partial charge >= 0.3 is 0 Å². The molecule has 6 nitrogen and oxygen atoms in total. The van der Waals surface area contributed by atoms with Crippen LogP contribution in [0.5, 0.6) is 0 Å². The van der Waals surface area contributed by atoms with Crippen molar-refractivity contribution in [3.63, 3.8) is 0 Å². The Labute approximate surface area is 117 Å². The topological polar surface area (TPSA) is 82.8 Å². The lowest BCUT2D eigenvalue weighted by atomic mass is 9.77. The molecule has 4 fully saturated rings. The van der Waals surface area contributed by atoms with Crippen molar-refractivity contribution in [2.75, 3.05) is 0 Å². The Kier molecular flexibility index (Phi) is 2.11. The summed E-state index contributed by atoms with van der Waals surface area (Å²) in [6, 6.07) is 2.25. The summed E-state index contributed by atoms with van der Waals surface area (Å²) in [6.45, 7) is 5.07. The van der Waals surface area contributed by atoms with Crippen molar-refractivity contribution in [2.45, 2.75) is 51.0 Å². The number of amides is 1. The predicted octanol–water partition coefficient (Wildman–Crippen LogP) is 0.420. The highest BCUT2D eigenvalue weighted by Gasteiger charge is 2.76. The fourth-order valence-corrected chi connectivity index (χ4v) is 5.28. The smallest absolute Gasteiger partial charge is 0.223 e. The van der Waals surface area contributed by atoms with E-state index in [9.17, 15) is 15.2 Å². The number of ether oxygens (including phenoxy) is 2. The fraction of sp³-hybridized carbons (Fsp3) is 0.857. The van der Waals surface area contributed by atoms with Crippen LogP contribution < -0.4 is 0 Å². The van der Waals surface area contributed by atoms with Crippen molar-refractivity contribution in [1.29, 1.82) is 5.26 Å². The number of nitriles is 1. The number of piperidine rings is 1. The normalized spacial score (nSPS) is 58.9. The van der Waals surface area contributed by atoms with Crippen LogP contribution in [0.3, 0.4) is 0 Å². The molecule has 4 aliphatic rings. The number of hydrogen-bond acceptors (Lipinski definition) is 5. The molecule has 1 aliphatic carbocycles. The third-order valence-electron chi connectivity index (χ3n) is 5.76. The van der Waals surface area contributed by atoms with E-state index in [2.05, 4.69) is 6.07 Å². The number of carbonyl (C=O) groups is 1. The van der Waals surface area contributed by atoms with E-state index in [1.807, 2.05) is 6.92 Å². The zero-order valence-corrected chi connectivity index (χ0v) is 11.7. The molecular weight excluding hydrogens is 260 g/mol. The van der Waals surface area contributed by atoms with Gasteiger partial charge in [-0.1, -0.05) is 0 Å². The van der Waals surface area contributed by atoms with Crippen molar-refractivity contribution < 1.29 is 19.4 Å². The van der Waals surface area contributed by atoms with Crippen molar-refractivity contribution in [2.24, 2.45) is 23.7 Å². The van der Waals surface area contributed by atoms with Gasteiger partial charge in [0, 0.05) is 30.6 Å². The quantitative estimate of drug-likeness (QED) is 0.694. The monoisotopic (exact) mass is 278 g/mol. The SMILES string of the molecule is CC(=O)N1C2OC3(C)O[C@@](C)(C#N)C4C(CC2C43)[C@@H]1O. The Bertz CT molecular complexity index is 546. The molecular formula is C14H18N2O4. The summed E-state index contributed by atoms with van der Waals surface area (Å²) in [7, 11) is 0. The summed E-state index contributed by atoms with van der Waals surface area (Å²) in [4.78, 5) is 13.3. The van der Waals surface area contributed by atoms with E-state index in [0.29, 0.717) is 0 Å². The molecule has 108 valence electrons. The number of aliphatic hydroxyl groups is 1. The van der Waals surface area contributed by atoms with Crippen LogP contribution in [0.15, 0.2) is 0 Å². The van der Waals surface area contributed by atoms with Gasteiger partial charge in [-0.2, -0.15) is 5.26 Å². The van der Waals surface area contributed by atoms with Gasteiger partial charge in [0.05, 0.1) is 6.07 Å². The number of carbonyl (C=O) groups excluding carboxylic acids is 1. The average Bonchev–Trinajstić information content (AvgIpc) is 2.92. The largest absolute Gasteiger partial charge is 0.373 e. The second kappa shape index (κ2) is 3.35. The molecule has 0 aromatic rings. The molecule has 1 N–H and O–H groups in total. The maximum Gasteiger partial charge on any atom is 0.223 e. The lowest BCUT2D eigenvalue weighted by Crippen LogP contribution is -2.55. The van der Waals surface area contributed by atoms with Crippen LogP contribution >= 0.6 is 0 Å². The fourth-order valence-electron chi connectivity index (χ4n) is 5.28. The van der Waals surface area contributed by atoms with Gasteiger partial charge in [0.1, 0.15) is 12.5 Å². The van der Waals surface area contributed by atoms with Crippen molar-refractivity contribution in [3.05, 3.63) is 0 Å².